The maximum absolute atomic E-state index is 12.3. The van der Waals surface area contributed by atoms with Crippen LogP contribution < -0.4 is 5.32 Å². The van der Waals surface area contributed by atoms with Crippen molar-refractivity contribution in [1.29, 1.82) is 0 Å². The van der Waals surface area contributed by atoms with Crippen molar-refractivity contribution in [1.82, 2.24) is 14.8 Å². The molecule has 124 valence electrons. The van der Waals surface area contributed by atoms with Crippen molar-refractivity contribution >= 4 is 38.3 Å². The van der Waals surface area contributed by atoms with Gasteiger partial charge in [-0.15, -0.1) is 0 Å². The van der Waals surface area contributed by atoms with E-state index in [1.807, 2.05) is 25.1 Å². The maximum Gasteiger partial charge on any atom is 0.306 e. The van der Waals surface area contributed by atoms with Gasteiger partial charge in [0.25, 0.3) is 0 Å². The zero-order valence-electron chi connectivity index (χ0n) is 13.1. The lowest BCUT2D eigenvalue weighted by Gasteiger charge is -2.10. The molecular weight excluding hydrogens is 330 g/mol. The number of aromatic nitrogens is 3. The summed E-state index contributed by atoms with van der Waals surface area (Å²) in [5, 5.41) is 17.9. The molecule has 0 saturated heterocycles. The lowest BCUT2D eigenvalue weighted by atomic mass is 10.1. The van der Waals surface area contributed by atoms with Gasteiger partial charge in [-0.1, -0.05) is 24.3 Å². The highest BCUT2D eigenvalue weighted by atomic mass is 32.1. The zero-order valence-corrected chi connectivity index (χ0v) is 13.9. The van der Waals surface area contributed by atoms with Gasteiger partial charge in [-0.3, -0.25) is 19.6 Å². The molecule has 8 nitrogen and oxygen atoms in total. The van der Waals surface area contributed by atoms with Gasteiger partial charge in [0.15, 0.2) is 5.13 Å². The summed E-state index contributed by atoms with van der Waals surface area (Å²) in [4.78, 5) is 26.8. The molecule has 0 saturated carbocycles. The van der Waals surface area contributed by atoms with Gasteiger partial charge in [-0.05, 0) is 24.6 Å². The monoisotopic (exact) mass is 345 g/mol. The second-order valence-corrected chi connectivity index (χ2v) is 6.59. The summed E-state index contributed by atoms with van der Waals surface area (Å²) in [5.41, 5.74) is 1.89. The van der Waals surface area contributed by atoms with E-state index in [2.05, 4.69) is 15.4 Å². The third-order valence-electron chi connectivity index (χ3n) is 3.51. The quantitative estimate of drug-likeness (QED) is 0.565. The van der Waals surface area contributed by atoms with Crippen molar-refractivity contribution < 1.29 is 9.72 Å². The predicted molar refractivity (Wildman–Crippen MR) is 91.0 cm³/mol. The number of benzene rings is 1. The smallest absolute Gasteiger partial charge is 0.302 e. The summed E-state index contributed by atoms with van der Waals surface area (Å²) in [6, 6.07) is 5.92. The van der Waals surface area contributed by atoms with Gasteiger partial charge in [-0.2, -0.15) is 5.10 Å². The molecular formula is C15H15N5O3S. The van der Waals surface area contributed by atoms with E-state index < -0.39 is 10.8 Å². The van der Waals surface area contributed by atoms with Crippen LogP contribution in [-0.4, -0.2) is 25.6 Å². The molecule has 1 amide bonds. The number of hydrogen-bond donors (Lipinski definition) is 1. The van der Waals surface area contributed by atoms with Crippen molar-refractivity contribution in [3.63, 3.8) is 0 Å². The Labute approximate surface area is 141 Å². The van der Waals surface area contributed by atoms with Crippen molar-refractivity contribution in [3.05, 3.63) is 46.3 Å². The van der Waals surface area contributed by atoms with E-state index in [1.54, 1.807) is 6.92 Å². The van der Waals surface area contributed by atoms with E-state index in [-0.39, 0.29) is 18.1 Å². The first-order chi connectivity index (χ1) is 11.4. The highest BCUT2D eigenvalue weighted by Gasteiger charge is 2.18. The molecule has 0 fully saturated rings. The fraction of sp³-hybridized carbons (Fsp3) is 0.267. The van der Waals surface area contributed by atoms with Gasteiger partial charge in [0, 0.05) is 0 Å². The van der Waals surface area contributed by atoms with Gasteiger partial charge >= 0.3 is 5.69 Å². The molecule has 9 heteroatoms. The minimum Gasteiger partial charge on any atom is -0.302 e. The molecule has 0 spiro atoms. The Morgan fingerprint density at radius 2 is 2.29 bits per heavy atom. The van der Waals surface area contributed by atoms with E-state index in [0.717, 1.165) is 15.8 Å². The first-order valence-electron chi connectivity index (χ1n) is 7.27. The molecule has 2 aromatic heterocycles. The molecule has 1 atom stereocenters. The SMILES string of the molecule is Cc1ccc2nc(NC(=O)[C@@H](C)Cn3cc([N+](=O)[O-])cn3)sc2c1. The van der Waals surface area contributed by atoms with Crippen LogP contribution >= 0.6 is 11.3 Å². The van der Waals surface area contributed by atoms with Crippen molar-refractivity contribution in [2.24, 2.45) is 5.92 Å². The second-order valence-electron chi connectivity index (χ2n) is 5.56. The number of nitrogens with one attached hydrogen (secondary N) is 1. The molecule has 0 aliphatic carbocycles. The molecule has 3 aromatic rings. The summed E-state index contributed by atoms with van der Waals surface area (Å²) in [6.07, 6.45) is 2.48. The van der Waals surface area contributed by atoms with Gasteiger partial charge in [-0.25, -0.2) is 4.98 Å². The number of thiazole rings is 1. The fourth-order valence-electron chi connectivity index (χ4n) is 2.22. The minimum absolute atomic E-state index is 0.0934. The molecule has 0 bridgehead atoms. The number of amides is 1. The van der Waals surface area contributed by atoms with E-state index in [4.69, 9.17) is 0 Å². The second kappa shape index (κ2) is 6.36. The Morgan fingerprint density at radius 3 is 3.00 bits per heavy atom. The first-order valence-corrected chi connectivity index (χ1v) is 8.09. The van der Waals surface area contributed by atoms with E-state index in [0.29, 0.717) is 5.13 Å². The molecule has 24 heavy (non-hydrogen) atoms. The number of fused-ring (bicyclic) bond motifs is 1. The Balaban J connectivity index is 1.67. The van der Waals surface area contributed by atoms with Crippen LogP contribution in [0.3, 0.4) is 0 Å². The lowest BCUT2D eigenvalue weighted by Crippen LogP contribution is -2.24. The Bertz CT molecular complexity index is 917. The zero-order chi connectivity index (χ0) is 17.3. The first kappa shape index (κ1) is 16.1. The number of rotatable bonds is 5. The Hall–Kier alpha value is -2.81. The molecule has 0 radical (unpaired) electrons. The number of aryl methyl sites for hydroxylation is 1. The van der Waals surface area contributed by atoms with Crippen molar-refractivity contribution in [2.75, 3.05) is 5.32 Å². The van der Waals surface area contributed by atoms with Crippen LogP contribution in [0.4, 0.5) is 10.8 Å². The maximum atomic E-state index is 12.3. The van der Waals surface area contributed by atoms with Crippen LogP contribution in [0.15, 0.2) is 30.6 Å². The number of nitrogens with zero attached hydrogens (tertiary/aromatic N) is 4. The topological polar surface area (TPSA) is 103 Å². The lowest BCUT2D eigenvalue weighted by molar-refractivity contribution is -0.385. The number of carbonyl (C=O) groups excluding carboxylic acids is 1. The van der Waals surface area contributed by atoms with Crippen LogP contribution in [0.2, 0.25) is 0 Å². The molecule has 1 aromatic carbocycles. The van der Waals surface area contributed by atoms with Gasteiger partial charge in [0.2, 0.25) is 5.91 Å². The standard InChI is InChI=1S/C15H15N5O3S/c1-9-3-4-12-13(5-9)24-15(17-12)18-14(21)10(2)7-19-8-11(6-16-19)20(22)23/h3-6,8,10H,7H2,1-2H3,(H,17,18,21)/t10-/m0/s1. The summed E-state index contributed by atoms with van der Waals surface area (Å²) in [7, 11) is 0. The molecule has 1 N–H and O–H groups in total. The van der Waals surface area contributed by atoms with Crippen molar-refractivity contribution in [3.8, 4) is 0 Å². The average Bonchev–Trinajstić information content (AvgIpc) is 3.13. The summed E-state index contributed by atoms with van der Waals surface area (Å²) < 4.78 is 2.41. The van der Waals surface area contributed by atoms with Crippen LogP contribution in [-0.2, 0) is 11.3 Å². The van der Waals surface area contributed by atoms with Crippen LogP contribution in [0.25, 0.3) is 10.2 Å². The minimum atomic E-state index is -0.517. The number of anilines is 1. The van der Waals surface area contributed by atoms with E-state index in [9.17, 15) is 14.9 Å². The summed E-state index contributed by atoms with van der Waals surface area (Å²) in [6.45, 7) is 3.99. The summed E-state index contributed by atoms with van der Waals surface area (Å²) >= 11 is 1.42. The normalized spacial score (nSPS) is 12.2. The highest BCUT2D eigenvalue weighted by Crippen LogP contribution is 2.27. The molecule has 2 heterocycles. The molecule has 0 aliphatic rings. The van der Waals surface area contributed by atoms with Crippen LogP contribution in [0, 0.1) is 23.0 Å². The predicted octanol–water partition coefficient (Wildman–Crippen LogP) is 2.98. The Morgan fingerprint density at radius 1 is 1.50 bits per heavy atom. The number of hydrogen-bond acceptors (Lipinski definition) is 6. The van der Waals surface area contributed by atoms with Gasteiger partial charge < -0.3 is 5.32 Å². The van der Waals surface area contributed by atoms with E-state index >= 15 is 0 Å². The number of carbonyl (C=O) groups is 1. The third-order valence-corrected chi connectivity index (χ3v) is 4.45. The highest BCUT2D eigenvalue weighted by molar-refractivity contribution is 7.22. The van der Waals surface area contributed by atoms with Crippen LogP contribution in [0.5, 0.6) is 0 Å². The average molecular weight is 345 g/mol. The molecule has 0 unspecified atom stereocenters. The van der Waals surface area contributed by atoms with Crippen molar-refractivity contribution in [2.45, 2.75) is 20.4 Å². The number of nitro groups is 1. The van der Waals surface area contributed by atoms with Gasteiger partial charge in [0.05, 0.1) is 27.6 Å². The Kier molecular flexibility index (Phi) is 4.26. The molecule has 0 aliphatic heterocycles. The third kappa shape index (κ3) is 3.40. The molecule has 3 rings (SSSR count). The van der Waals surface area contributed by atoms with E-state index in [1.165, 1.54) is 28.4 Å². The van der Waals surface area contributed by atoms with Gasteiger partial charge in [0.1, 0.15) is 12.4 Å². The fourth-order valence-corrected chi connectivity index (χ4v) is 3.19. The largest absolute Gasteiger partial charge is 0.306 e. The van der Waals surface area contributed by atoms with Crippen LogP contribution in [0.1, 0.15) is 12.5 Å². The summed E-state index contributed by atoms with van der Waals surface area (Å²) in [5.74, 6) is -0.609.